The van der Waals surface area contributed by atoms with Crippen molar-refractivity contribution in [3.63, 3.8) is 0 Å². The molecule has 0 atom stereocenters. The van der Waals surface area contributed by atoms with E-state index in [0.29, 0.717) is 0 Å². The van der Waals surface area contributed by atoms with Crippen molar-refractivity contribution >= 4 is 5.97 Å². The molecule has 0 aliphatic rings. The van der Waals surface area contributed by atoms with E-state index in [1.54, 1.807) is 0 Å². The molecule has 0 saturated carbocycles. The van der Waals surface area contributed by atoms with E-state index in [1.807, 2.05) is 0 Å². The zero-order chi connectivity index (χ0) is 18.4. The number of hydrogen-bond acceptors (Lipinski definition) is 2. The molecule has 26 heavy (non-hydrogen) atoms. The SMILES string of the molecule is CCCCCCCCCCCCCCCCCCNCCCC(=O)O.[H-].[Na+]. The third-order valence-electron chi connectivity index (χ3n) is 4.95. The van der Waals surface area contributed by atoms with Gasteiger partial charge < -0.3 is 11.8 Å². The van der Waals surface area contributed by atoms with E-state index in [2.05, 4.69) is 12.2 Å². The van der Waals surface area contributed by atoms with Gasteiger partial charge in [0.2, 0.25) is 0 Å². The number of nitrogens with one attached hydrogen (secondary N) is 1. The van der Waals surface area contributed by atoms with E-state index < -0.39 is 5.97 Å². The van der Waals surface area contributed by atoms with Crippen LogP contribution < -0.4 is 34.9 Å². The third kappa shape index (κ3) is 26.7. The Kier molecular flexibility index (Phi) is 28.0. The summed E-state index contributed by atoms with van der Waals surface area (Å²) >= 11 is 0. The number of aliphatic carboxylic acids is 1. The zero-order valence-electron chi connectivity index (χ0n) is 19.0. The van der Waals surface area contributed by atoms with Crippen molar-refractivity contribution in [3.8, 4) is 0 Å². The molecular formula is C22H46NNaO2. The summed E-state index contributed by atoms with van der Waals surface area (Å²) in [6, 6.07) is 0. The topological polar surface area (TPSA) is 49.3 Å². The number of carboxylic acids is 1. The quantitative estimate of drug-likeness (QED) is 0.235. The average Bonchev–Trinajstić information content (AvgIpc) is 2.60. The van der Waals surface area contributed by atoms with E-state index >= 15 is 0 Å². The molecule has 3 nitrogen and oxygen atoms in total. The van der Waals surface area contributed by atoms with Crippen molar-refractivity contribution in [2.75, 3.05) is 13.1 Å². The van der Waals surface area contributed by atoms with Crippen LogP contribution in [0.15, 0.2) is 0 Å². The standard InChI is InChI=1S/C22H45NO2.Na.H/c1-2-3-4-5-6-7-8-9-10-11-12-13-14-15-16-17-20-23-21-18-19-22(24)25;;/h23H,2-21H2,1H3,(H,24,25);;/q;+1;-1. The predicted molar refractivity (Wildman–Crippen MR) is 110 cm³/mol. The van der Waals surface area contributed by atoms with Gasteiger partial charge in [0.15, 0.2) is 0 Å². The summed E-state index contributed by atoms with van der Waals surface area (Å²) in [5, 5.41) is 11.9. The minimum Gasteiger partial charge on any atom is -1.00 e. The Balaban J connectivity index is -0.00000288. The van der Waals surface area contributed by atoms with Gasteiger partial charge in [-0.2, -0.15) is 0 Å². The van der Waals surface area contributed by atoms with Crippen molar-refractivity contribution < 1.29 is 40.9 Å². The fourth-order valence-corrected chi connectivity index (χ4v) is 3.29. The number of carboxylic acid groups (broad SMARTS) is 1. The Labute approximate surface area is 187 Å². The van der Waals surface area contributed by atoms with Crippen LogP contribution in [0.4, 0.5) is 0 Å². The van der Waals surface area contributed by atoms with Crippen LogP contribution in [0.25, 0.3) is 0 Å². The van der Waals surface area contributed by atoms with Crippen LogP contribution in [0.3, 0.4) is 0 Å². The Morgan fingerprint density at radius 3 is 1.38 bits per heavy atom. The van der Waals surface area contributed by atoms with Gasteiger partial charge in [0.25, 0.3) is 0 Å². The molecule has 0 saturated heterocycles. The molecule has 152 valence electrons. The second-order valence-corrected chi connectivity index (χ2v) is 7.55. The van der Waals surface area contributed by atoms with Crippen LogP contribution in [0.2, 0.25) is 0 Å². The summed E-state index contributed by atoms with van der Waals surface area (Å²) in [4.78, 5) is 10.4. The second-order valence-electron chi connectivity index (χ2n) is 7.55. The number of hydrogen-bond donors (Lipinski definition) is 2. The minimum absolute atomic E-state index is 0. The predicted octanol–water partition coefficient (Wildman–Crippen LogP) is 3.82. The van der Waals surface area contributed by atoms with Gasteiger partial charge in [-0.25, -0.2) is 0 Å². The zero-order valence-corrected chi connectivity index (χ0v) is 20.0. The Hall–Kier alpha value is 0.430. The number of unbranched alkanes of at least 4 members (excludes halogenated alkanes) is 15. The van der Waals surface area contributed by atoms with Crippen molar-refractivity contribution in [1.82, 2.24) is 5.32 Å². The average molecular weight is 380 g/mol. The molecule has 0 bridgehead atoms. The van der Waals surface area contributed by atoms with Gasteiger partial charge in [0.05, 0.1) is 0 Å². The largest absolute Gasteiger partial charge is 1.00 e. The van der Waals surface area contributed by atoms with Gasteiger partial charge in [-0.3, -0.25) is 4.79 Å². The van der Waals surface area contributed by atoms with Crippen molar-refractivity contribution in [3.05, 3.63) is 0 Å². The number of rotatable bonds is 21. The molecule has 0 heterocycles. The summed E-state index contributed by atoms with van der Waals surface area (Å²) in [7, 11) is 0. The molecule has 2 N–H and O–H groups in total. The molecular weight excluding hydrogens is 333 g/mol. The van der Waals surface area contributed by atoms with Crippen LogP contribution in [-0.2, 0) is 4.79 Å². The van der Waals surface area contributed by atoms with E-state index in [4.69, 9.17) is 5.11 Å². The molecule has 0 aromatic rings. The van der Waals surface area contributed by atoms with Crippen LogP contribution in [0.5, 0.6) is 0 Å². The monoisotopic (exact) mass is 379 g/mol. The molecule has 0 amide bonds. The first-order chi connectivity index (χ1) is 12.3. The summed E-state index contributed by atoms with van der Waals surface area (Å²) in [5.74, 6) is -0.691. The first kappa shape index (κ1) is 28.6. The summed E-state index contributed by atoms with van der Waals surface area (Å²) in [6.07, 6.45) is 23.5. The maximum absolute atomic E-state index is 10.4. The first-order valence-corrected chi connectivity index (χ1v) is 11.2. The van der Waals surface area contributed by atoms with E-state index in [-0.39, 0.29) is 37.4 Å². The maximum atomic E-state index is 10.4. The molecule has 0 aromatic carbocycles. The van der Waals surface area contributed by atoms with E-state index in [9.17, 15) is 4.79 Å². The Bertz CT molecular complexity index is 281. The smallest absolute Gasteiger partial charge is 1.00 e. The molecule has 0 radical (unpaired) electrons. The molecule has 0 aromatic heterocycles. The van der Waals surface area contributed by atoms with Gasteiger partial charge in [0, 0.05) is 6.42 Å². The molecule has 0 aliphatic carbocycles. The van der Waals surface area contributed by atoms with E-state index in [1.165, 1.54) is 103 Å². The fraction of sp³-hybridized carbons (Fsp3) is 0.955. The Morgan fingerprint density at radius 2 is 1.00 bits per heavy atom. The van der Waals surface area contributed by atoms with Gasteiger partial charge in [0.1, 0.15) is 0 Å². The van der Waals surface area contributed by atoms with Crippen LogP contribution in [0.1, 0.15) is 124 Å². The summed E-state index contributed by atoms with van der Waals surface area (Å²) < 4.78 is 0. The van der Waals surface area contributed by atoms with Crippen molar-refractivity contribution in [1.29, 1.82) is 0 Å². The second kappa shape index (κ2) is 25.4. The van der Waals surface area contributed by atoms with E-state index in [0.717, 1.165) is 19.5 Å². The number of carbonyl (C=O) groups is 1. The van der Waals surface area contributed by atoms with Crippen LogP contribution >= 0.6 is 0 Å². The van der Waals surface area contributed by atoms with Crippen molar-refractivity contribution in [2.45, 2.75) is 122 Å². The summed E-state index contributed by atoms with van der Waals surface area (Å²) in [5.41, 5.74) is 0. The van der Waals surface area contributed by atoms with Gasteiger partial charge >= 0.3 is 35.5 Å². The van der Waals surface area contributed by atoms with Gasteiger partial charge in [-0.15, -0.1) is 0 Å². The molecule has 4 heteroatoms. The fourth-order valence-electron chi connectivity index (χ4n) is 3.29. The normalized spacial score (nSPS) is 10.7. The first-order valence-electron chi connectivity index (χ1n) is 11.2. The molecule has 0 fully saturated rings. The maximum Gasteiger partial charge on any atom is 1.00 e. The van der Waals surface area contributed by atoms with Crippen molar-refractivity contribution in [2.24, 2.45) is 0 Å². The third-order valence-corrected chi connectivity index (χ3v) is 4.95. The van der Waals surface area contributed by atoms with Gasteiger partial charge in [-0.05, 0) is 25.9 Å². The molecule has 0 rings (SSSR count). The molecule has 0 aliphatic heterocycles. The minimum atomic E-state index is -0.691. The van der Waals surface area contributed by atoms with Gasteiger partial charge in [-0.1, -0.05) is 103 Å². The van der Waals surface area contributed by atoms with Crippen LogP contribution in [0, 0.1) is 0 Å². The Morgan fingerprint density at radius 1 is 0.654 bits per heavy atom. The molecule has 0 unspecified atom stereocenters. The summed E-state index contributed by atoms with van der Waals surface area (Å²) in [6.45, 7) is 4.16. The molecule has 0 spiro atoms. The van der Waals surface area contributed by atoms with Crippen LogP contribution in [-0.4, -0.2) is 24.2 Å².